The first-order valence-corrected chi connectivity index (χ1v) is 13.8. The van der Waals surface area contributed by atoms with Gasteiger partial charge < -0.3 is 29.7 Å². The lowest BCUT2D eigenvalue weighted by molar-refractivity contribution is -0.123. The number of methoxy groups -OCH3 is 1. The van der Waals surface area contributed by atoms with Crippen molar-refractivity contribution in [3.05, 3.63) is 105 Å². The van der Waals surface area contributed by atoms with E-state index in [-0.39, 0.29) is 40.7 Å². The molecule has 9 heteroatoms. The fourth-order valence-electron chi connectivity index (χ4n) is 5.80. The molecule has 0 spiro atoms. The molecule has 1 atom stereocenters. The zero-order valence-corrected chi connectivity index (χ0v) is 24.9. The number of nitrogens with one attached hydrogen (secondary N) is 1. The molecule has 3 N–H and O–H groups in total. The van der Waals surface area contributed by atoms with Gasteiger partial charge in [-0.2, -0.15) is 0 Å². The summed E-state index contributed by atoms with van der Waals surface area (Å²) in [5, 5.41) is 24.3. The number of aliphatic hydroxyl groups excluding tert-OH is 1. The van der Waals surface area contributed by atoms with Crippen molar-refractivity contribution in [3.8, 4) is 23.0 Å². The lowest BCUT2D eigenvalue weighted by Gasteiger charge is -2.27. The van der Waals surface area contributed by atoms with E-state index in [1.54, 1.807) is 0 Å². The molecular formula is C34H33NO8. The number of ether oxygens (including phenoxy) is 3. The lowest BCUT2D eigenvalue weighted by atomic mass is 9.71. The van der Waals surface area contributed by atoms with Gasteiger partial charge in [0.15, 0.2) is 17.3 Å². The van der Waals surface area contributed by atoms with Gasteiger partial charge in [0.2, 0.25) is 0 Å². The molecule has 222 valence electrons. The topological polar surface area (TPSA) is 131 Å². The number of phenolic OH excluding ortho intramolecular Hbond substituents is 1. The Morgan fingerprint density at radius 2 is 1.74 bits per heavy atom. The highest BCUT2D eigenvalue weighted by Gasteiger charge is 2.55. The Balaban J connectivity index is 1.45. The monoisotopic (exact) mass is 583 g/mol. The van der Waals surface area contributed by atoms with Crippen molar-refractivity contribution < 1.29 is 38.8 Å². The number of aliphatic hydroxyl groups is 1. The maximum absolute atomic E-state index is 13.7. The molecule has 3 aromatic rings. The third-order valence-corrected chi connectivity index (χ3v) is 8.36. The van der Waals surface area contributed by atoms with E-state index in [2.05, 4.69) is 5.32 Å². The molecule has 0 unspecified atom stereocenters. The van der Waals surface area contributed by atoms with E-state index < -0.39 is 34.2 Å². The Labute approximate surface area is 249 Å². The second-order valence-corrected chi connectivity index (χ2v) is 10.9. The first kappa shape index (κ1) is 29.4. The Morgan fingerprint density at radius 3 is 2.40 bits per heavy atom. The summed E-state index contributed by atoms with van der Waals surface area (Å²) < 4.78 is 17.4. The largest absolute Gasteiger partial charge is 0.507 e. The third kappa shape index (κ3) is 4.80. The number of aromatic hydroxyl groups is 1. The molecule has 1 amide bonds. The molecule has 5 rings (SSSR count). The van der Waals surface area contributed by atoms with Crippen LogP contribution >= 0.6 is 0 Å². The molecule has 1 aliphatic carbocycles. The van der Waals surface area contributed by atoms with E-state index in [1.807, 2.05) is 57.2 Å². The number of phenols is 1. The minimum atomic E-state index is -1.63. The van der Waals surface area contributed by atoms with Gasteiger partial charge in [0.1, 0.15) is 51.9 Å². The number of carbonyl (C=O) groups is 3. The summed E-state index contributed by atoms with van der Waals surface area (Å²) in [4.78, 5) is 39.4. The second-order valence-electron chi connectivity index (χ2n) is 10.9. The lowest BCUT2D eigenvalue weighted by Crippen LogP contribution is -2.38. The van der Waals surface area contributed by atoms with Crippen LogP contribution < -0.4 is 19.5 Å². The number of hydrogen-bond donors (Lipinski definition) is 3. The number of aryl methyl sites for hydroxylation is 1. The van der Waals surface area contributed by atoms with Gasteiger partial charge in [0, 0.05) is 18.7 Å². The first-order valence-electron chi connectivity index (χ1n) is 13.8. The summed E-state index contributed by atoms with van der Waals surface area (Å²) in [7, 11) is 1.35. The van der Waals surface area contributed by atoms with Crippen molar-refractivity contribution in [1.82, 2.24) is 5.32 Å². The van der Waals surface area contributed by atoms with Crippen molar-refractivity contribution in [2.24, 2.45) is 0 Å². The molecule has 1 heterocycles. The smallest absolute Gasteiger partial charge is 0.259 e. The number of carbonyl (C=O) groups excluding carboxylic acids is 3. The number of benzene rings is 3. The highest BCUT2D eigenvalue weighted by Crippen LogP contribution is 2.56. The molecule has 0 bridgehead atoms. The molecule has 1 aliphatic heterocycles. The number of Topliss-reactive ketones (excluding diaryl/α,β-unsaturated/α-hetero) is 2. The number of amides is 1. The fourth-order valence-corrected chi connectivity index (χ4v) is 5.80. The van der Waals surface area contributed by atoms with Crippen LogP contribution in [-0.2, 0) is 28.2 Å². The summed E-state index contributed by atoms with van der Waals surface area (Å²) in [5.74, 6) is -2.07. The highest BCUT2D eigenvalue weighted by molar-refractivity contribution is 6.25. The van der Waals surface area contributed by atoms with Gasteiger partial charge in [0.25, 0.3) is 5.91 Å². The van der Waals surface area contributed by atoms with E-state index in [1.165, 1.54) is 33.1 Å². The number of allylic oxidation sites excluding steroid dienone is 3. The normalized spacial score (nSPS) is 17.1. The second kappa shape index (κ2) is 11.0. The van der Waals surface area contributed by atoms with Crippen LogP contribution in [0.3, 0.4) is 0 Å². The summed E-state index contributed by atoms with van der Waals surface area (Å²) >= 11 is 0. The average Bonchev–Trinajstić information content (AvgIpc) is 3.27. The van der Waals surface area contributed by atoms with Crippen LogP contribution in [0.5, 0.6) is 23.0 Å². The van der Waals surface area contributed by atoms with Gasteiger partial charge in [-0.1, -0.05) is 24.3 Å². The van der Waals surface area contributed by atoms with Gasteiger partial charge in [-0.25, -0.2) is 0 Å². The molecular weight excluding hydrogens is 550 g/mol. The predicted octanol–water partition coefficient (Wildman–Crippen LogP) is 5.35. The number of rotatable bonds is 8. The molecule has 3 aromatic carbocycles. The van der Waals surface area contributed by atoms with E-state index in [9.17, 15) is 24.6 Å². The van der Waals surface area contributed by atoms with Crippen molar-refractivity contribution in [3.63, 3.8) is 0 Å². The van der Waals surface area contributed by atoms with Crippen LogP contribution in [0.1, 0.15) is 57.6 Å². The number of hydrogen-bond acceptors (Lipinski definition) is 8. The Morgan fingerprint density at radius 1 is 1.05 bits per heavy atom. The summed E-state index contributed by atoms with van der Waals surface area (Å²) in [5.41, 5.74) is 2.97. The standard InChI is InChI=1S/C34H33NO8/c1-17-12-21(16-42-22-10-8-7-9-11-22)18(2)19(3)23(17)15-35-33(40)29-26(41-6)13-25(38)30-31(29)43-27-14-24(37)28(20(4)36)32(39)34(27,30)5/h7-14,37-38H,15-16H2,1-6H3,(H,35,40)/t34-/m1/s1. The quantitative estimate of drug-likeness (QED) is 0.303. The van der Waals surface area contributed by atoms with E-state index in [0.29, 0.717) is 6.61 Å². The van der Waals surface area contributed by atoms with E-state index in [0.717, 1.165) is 33.6 Å². The Kier molecular flexibility index (Phi) is 7.52. The maximum Gasteiger partial charge on any atom is 0.259 e. The van der Waals surface area contributed by atoms with Crippen LogP contribution in [0.4, 0.5) is 0 Å². The van der Waals surface area contributed by atoms with Gasteiger partial charge in [-0.3, -0.25) is 14.4 Å². The van der Waals surface area contributed by atoms with E-state index in [4.69, 9.17) is 14.2 Å². The Hall–Kier alpha value is -5.05. The van der Waals surface area contributed by atoms with Crippen molar-refractivity contribution in [2.75, 3.05) is 7.11 Å². The van der Waals surface area contributed by atoms with Crippen molar-refractivity contribution in [2.45, 2.75) is 53.2 Å². The molecule has 9 nitrogen and oxygen atoms in total. The first-order chi connectivity index (χ1) is 20.4. The van der Waals surface area contributed by atoms with Crippen LogP contribution in [0, 0.1) is 20.8 Å². The van der Waals surface area contributed by atoms with Crippen molar-refractivity contribution in [1.29, 1.82) is 0 Å². The maximum atomic E-state index is 13.7. The van der Waals surface area contributed by atoms with Gasteiger partial charge in [-0.05, 0) is 74.6 Å². The number of fused-ring (bicyclic) bond motifs is 3. The summed E-state index contributed by atoms with van der Waals surface area (Å²) in [6.07, 6.45) is 1.17. The minimum Gasteiger partial charge on any atom is -0.507 e. The minimum absolute atomic E-state index is 0.0109. The van der Waals surface area contributed by atoms with Gasteiger partial charge >= 0.3 is 0 Å². The number of ketones is 2. The van der Waals surface area contributed by atoms with E-state index >= 15 is 0 Å². The SMILES string of the molecule is COc1cc(O)c2c(c1C(=O)NCc1c(C)cc(COc3ccccc3)c(C)c1C)OC1=CC(O)=C(C(C)=O)C(=O)[C@]12C. The number of para-hydroxylation sites is 1. The molecule has 0 saturated carbocycles. The molecule has 0 radical (unpaired) electrons. The molecule has 0 fully saturated rings. The zero-order valence-electron chi connectivity index (χ0n) is 24.9. The third-order valence-electron chi connectivity index (χ3n) is 8.36. The van der Waals surface area contributed by atoms with Crippen LogP contribution in [0.2, 0.25) is 0 Å². The molecule has 2 aliphatic rings. The van der Waals surface area contributed by atoms with Gasteiger partial charge in [-0.15, -0.1) is 0 Å². The van der Waals surface area contributed by atoms with Crippen LogP contribution in [-0.4, -0.2) is 34.8 Å². The zero-order chi connectivity index (χ0) is 31.2. The highest BCUT2D eigenvalue weighted by atomic mass is 16.5. The summed E-state index contributed by atoms with van der Waals surface area (Å²) in [6.45, 7) is 9.22. The van der Waals surface area contributed by atoms with Gasteiger partial charge in [0.05, 0.1) is 12.7 Å². The Bertz CT molecular complexity index is 1750. The fraction of sp³-hybridized carbons (Fsp3) is 0.265. The molecule has 43 heavy (non-hydrogen) atoms. The average molecular weight is 584 g/mol. The molecule has 0 aromatic heterocycles. The van der Waals surface area contributed by atoms with Crippen LogP contribution in [0.15, 0.2) is 65.6 Å². The van der Waals surface area contributed by atoms with Crippen LogP contribution in [0.25, 0.3) is 0 Å². The molecule has 0 saturated heterocycles. The summed E-state index contributed by atoms with van der Waals surface area (Å²) in [6, 6.07) is 12.9. The van der Waals surface area contributed by atoms with Crippen molar-refractivity contribution >= 4 is 17.5 Å². The predicted molar refractivity (Wildman–Crippen MR) is 159 cm³/mol.